The molecule has 0 saturated heterocycles. The zero-order chi connectivity index (χ0) is 28.7. The predicted molar refractivity (Wildman–Crippen MR) is 140 cm³/mol. The minimum absolute atomic E-state index is 0.0465. The topological polar surface area (TPSA) is 126 Å². The van der Waals surface area contributed by atoms with Crippen LogP contribution in [0.4, 0.5) is 0 Å². The Labute approximate surface area is 222 Å². The highest BCUT2D eigenvalue weighted by Crippen LogP contribution is 2.69. The first-order valence-corrected chi connectivity index (χ1v) is 12.9. The van der Waals surface area contributed by atoms with Gasteiger partial charge in [-0.1, -0.05) is 59.6 Å². The first-order chi connectivity index (χ1) is 17.6. The molecule has 7 heteroatoms. The molecule has 7 nitrogen and oxygen atoms in total. The van der Waals surface area contributed by atoms with Crippen LogP contribution in [0.25, 0.3) is 6.08 Å². The molecule has 0 aliphatic heterocycles. The number of hydrogen-bond donors (Lipinski definition) is 2. The van der Waals surface area contributed by atoms with Gasteiger partial charge in [0.2, 0.25) is 0 Å². The zero-order valence-corrected chi connectivity index (χ0v) is 22.8. The molecule has 0 aromatic heterocycles. The summed E-state index contributed by atoms with van der Waals surface area (Å²) in [6.07, 6.45) is 8.13. The summed E-state index contributed by atoms with van der Waals surface area (Å²) in [5, 5.41) is 23.3. The standard InChI is InChI=1S/C31H34O7/c1-9-10-11-18-12-13-19-15(4)29(7)17(6)30(8)22(14(2)3)25(34)20(16(5)32)27(36)31(30,38)28(37)23(29)26(35)21(19)24(18)33/h1,10-15,17,20,22-23,33,38H,2-8H3/b11-10+/t15-,17-,20?,22?,23?,29-,30-,31+/m1/s1. The second-order valence-electron chi connectivity index (χ2n) is 12.0. The Hall–Kier alpha value is -3.37. The average Bonchev–Trinajstić information content (AvgIpc) is 2.83. The molecule has 3 aliphatic rings. The van der Waals surface area contributed by atoms with E-state index in [1.54, 1.807) is 46.8 Å². The number of phenolic OH excluding ortho intramolecular Hbond substituents is 1. The molecule has 1 aromatic rings. The fourth-order valence-electron chi connectivity index (χ4n) is 8.09. The van der Waals surface area contributed by atoms with Crippen LogP contribution >= 0.6 is 0 Å². The number of ketones is 5. The molecule has 0 spiro atoms. The predicted octanol–water partition coefficient (Wildman–Crippen LogP) is 3.55. The van der Waals surface area contributed by atoms with Gasteiger partial charge >= 0.3 is 0 Å². The van der Waals surface area contributed by atoms with Crippen LogP contribution in [0.2, 0.25) is 0 Å². The minimum Gasteiger partial charge on any atom is -0.507 e. The lowest BCUT2D eigenvalue weighted by Crippen LogP contribution is -2.79. The molecule has 4 rings (SSSR count). The number of carbonyl (C=O) groups excluding carboxylic acids is 5. The van der Waals surface area contributed by atoms with Gasteiger partial charge in [0, 0.05) is 16.9 Å². The first-order valence-electron chi connectivity index (χ1n) is 12.9. The van der Waals surface area contributed by atoms with Crippen LogP contribution in [0.3, 0.4) is 0 Å². The third-order valence-corrected chi connectivity index (χ3v) is 10.3. The number of fused-ring (bicyclic) bond motifs is 3. The highest BCUT2D eigenvalue weighted by atomic mass is 16.3. The number of allylic oxidation sites excluding steroid dienone is 1. The van der Waals surface area contributed by atoms with Gasteiger partial charge in [0.05, 0.1) is 11.5 Å². The maximum absolute atomic E-state index is 14.4. The summed E-state index contributed by atoms with van der Waals surface area (Å²) < 4.78 is 0. The average molecular weight is 519 g/mol. The molecule has 0 heterocycles. The largest absolute Gasteiger partial charge is 0.507 e. The molecule has 0 amide bonds. The third-order valence-electron chi connectivity index (χ3n) is 10.3. The van der Waals surface area contributed by atoms with Crippen LogP contribution in [-0.2, 0) is 19.2 Å². The number of Topliss-reactive ketones (excluding diaryl/α,β-unsaturated/α-hetero) is 5. The van der Waals surface area contributed by atoms with Crippen LogP contribution in [0.1, 0.15) is 75.9 Å². The number of benzene rings is 1. The number of carbonyl (C=O) groups is 5. The van der Waals surface area contributed by atoms with Crippen molar-refractivity contribution in [2.45, 2.75) is 60.0 Å². The second kappa shape index (κ2) is 8.57. The summed E-state index contributed by atoms with van der Waals surface area (Å²) in [6.45, 7) is 11.6. The van der Waals surface area contributed by atoms with E-state index in [0.717, 1.165) is 6.92 Å². The number of rotatable bonds is 3. The van der Waals surface area contributed by atoms with E-state index >= 15 is 0 Å². The summed E-state index contributed by atoms with van der Waals surface area (Å²) in [5.74, 6) is -8.02. The molecule has 2 saturated carbocycles. The maximum atomic E-state index is 14.4. The maximum Gasteiger partial charge on any atom is 0.190 e. The fourth-order valence-corrected chi connectivity index (χ4v) is 8.09. The van der Waals surface area contributed by atoms with Gasteiger partial charge < -0.3 is 10.2 Å². The zero-order valence-electron chi connectivity index (χ0n) is 22.8. The molecular weight excluding hydrogens is 484 g/mol. The normalized spacial score (nSPS) is 38.6. The SMILES string of the molecule is C#C/C=C/c1ccc2c(c1O)C(=O)C1C(=O)[C@@]3(O)C(=O)C(C(C)=O)C(=O)C(C(C)C)[C@@]3(C)[C@H](C)[C@@]1(C)[C@@H]2C. The van der Waals surface area contributed by atoms with Crippen LogP contribution in [0.15, 0.2) is 18.2 Å². The van der Waals surface area contributed by atoms with Crippen LogP contribution in [0.5, 0.6) is 5.75 Å². The molecule has 200 valence electrons. The third kappa shape index (κ3) is 2.98. The van der Waals surface area contributed by atoms with Crippen molar-refractivity contribution < 1.29 is 34.2 Å². The molecule has 0 radical (unpaired) electrons. The van der Waals surface area contributed by atoms with E-state index < -0.39 is 80.9 Å². The molecule has 1 aromatic carbocycles. The van der Waals surface area contributed by atoms with Crippen LogP contribution in [0, 0.1) is 52.8 Å². The summed E-state index contributed by atoms with van der Waals surface area (Å²) >= 11 is 0. The quantitative estimate of drug-likeness (QED) is 0.463. The molecule has 3 aliphatic carbocycles. The number of aliphatic hydroxyl groups is 1. The lowest BCUT2D eigenvalue weighted by Gasteiger charge is -2.66. The Kier molecular flexibility index (Phi) is 6.24. The van der Waals surface area contributed by atoms with Gasteiger partial charge in [-0.05, 0) is 47.8 Å². The number of hydrogen-bond acceptors (Lipinski definition) is 7. The van der Waals surface area contributed by atoms with E-state index in [4.69, 9.17) is 6.42 Å². The van der Waals surface area contributed by atoms with Gasteiger partial charge in [-0.25, -0.2) is 0 Å². The monoisotopic (exact) mass is 518 g/mol. The molecule has 0 bridgehead atoms. The highest BCUT2D eigenvalue weighted by molar-refractivity contribution is 6.32. The van der Waals surface area contributed by atoms with E-state index in [-0.39, 0.29) is 11.3 Å². The smallest absolute Gasteiger partial charge is 0.190 e. The Morgan fingerprint density at radius 2 is 1.71 bits per heavy atom. The van der Waals surface area contributed by atoms with Gasteiger partial charge in [-0.2, -0.15) is 0 Å². The first kappa shape index (κ1) is 27.7. The van der Waals surface area contributed by atoms with E-state index in [9.17, 15) is 34.2 Å². The number of phenols is 1. The summed E-state index contributed by atoms with van der Waals surface area (Å²) in [4.78, 5) is 68.5. The van der Waals surface area contributed by atoms with Gasteiger partial charge in [-0.15, -0.1) is 6.42 Å². The van der Waals surface area contributed by atoms with E-state index in [0.29, 0.717) is 11.1 Å². The highest BCUT2D eigenvalue weighted by Gasteiger charge is 2.79. The fraction of sp³-hybridized carbons (Fsp3) is 0.516. The van der Waals surface area contributed by atoms with E-state index in [1.165, 1.54) is 12.2 Å². The summed E-state index contributed by atoms with van der Waals surface area (Å²) in [6, 6.07) is 3.36. The van der Waals surface area contributed by atoms with Crippen molar-refractivity contribution in [3.05, 3.63) is 34.9 Å². The Balaban J connectivity index is 2.05. The van der Waals surface area contributed by atoms with Crippen molar-refractivity contribution in [2.75, 3.05) is 0 Å². The molecule has 2 N–H and O–H groups in total. The van der Waals surface area contributed by atoms with Crippen molar-refractivity contribution in [2.24, 2.45) is 40.4 Å². The molecular formula is C31H34O7. The lowest BCUT2D eigenvalue weighted by atomic mass is 9.35. The van der Waals surface area contributed by atoms with Crippen LogP contribution in [-0.4, -0.2) is 44.7 Å². The van der Waals surface area contributed by atoms with E-state index in [1.807, 2.05) is 6.92 Å². The molecule has 2 fully saturated rings. The Morgan fingerprint density at radius 1 is 1.11 bits per heavy atom. The van der Waals surface area contributed by atoms with Crippen molar-refractivity contribution in [3.8, 4) is 18.1 Å². The second-order valence-corrected chi connectivity index (χ2v) is 12.0. The molecule has 8 atom stereocenters. The summed E-state index contributed by atoms with van der Waals surface area (Å²) in [7, 11) is 0. The van der Waals surface area contributed by atoms with Crippen molar-refractivity contribution >= 4 is 35.0 Å². The van der Waals surface area contributed by atoms with Gasteiger partial charge in [-0.3, -0.25) is 24.0 Å². The van der Waals surface area contributed by atoms with Gasteiger partial charge in [0.1, 0.15) is 17.5 Å². The molecule has 3 unspecified atom stereocenters. The Morgan fingerprint density at radius 3 is 2.24 bits per heavy atom. The number of aromatic hydroxyl groups is 1. The van der Waals surface area contributed by atoms with Gasteiger partial charge in [0.15, 0.2) is 28.7 Å². The minimum atomic E-state index is -2.74. The van der Waals surface area contributed by atoms with Crippen molar-refractivity contribution in [1.82, 2.24) is 0 Å². The molecule has 38 heavy (non-hydrogen) atoms. The summed E-state index contributed by atoms with van der Waals surface area (Å²) in [5.41, 5.74) is -4.64. The van der Waals surface area contributed by atoms with Crippen molar-refractivity contribution in [3.63, 3.8) is 0 Å². The van der Waals surface area contributed by atoms with Crippen molar-refractivity contribution in [1.29, 1.82) is 0 Å². The lowest BCUT2D eigenvalue weighted by molar-refractivity contribution is -0.222. The number of terminal acetylenes is 1. The van der Waals surface area contributed by atoms with Gasteiger partial charge in [0.25, 0.3) is 0 Å². The Bertz CT molecular complexity index is 1380. The van der Waals surface area contributed by atoms with E-state index in [2.05, 4.69) is 5.92 Å². The van der Waals surface area contributed by atoms with Crippen LogP contribution < -0.4 is 0 Å².